The molecule has 1 aromatic heterocycles. The van der Waals surface area contributed by atoms with Crippen LogP contribution in [0.5, 0.6) is 11.5 Å². The van der Waals surface area contributed by atoms with Gasteiger partial charge in [-0.25, -0.2) is 4.39 Å². The topological polar surface area (TPSA) is 74.1 Å². The fourth-order valence-electron chi connectivity index (χ4n) is 3.49. The lowest BCUT2D eigenvalue weighted by molar-refractivity contribution is 0.266. The van der Waals surface area contributed by atoms with Gasteiger partial charge in [-0.2, -0.15) is 4.68 Å². The molecule has 0 aliphatic carbocycles. The lowest BCUT2D eigenvalue weighted by Crippen LogP contribution is -2.15. The molecular weight excluding hydrogens is 501 g/mol. The molecule has 0 aliphatic heterocycles. The number of ether oxygens (including phenoxy) is 2. The van der Waals surface area contributed by atoms with Crippen molar-refractivity contribution in [2.75, 3.05) is 18.9 Å². The minimum absolute atomic E-state index is 0.0648. The van der Waals surface area contributed by atoms with Gasteiger partial charge >= 0.3 is 0 Å². The summed E-state index contributed by atoms with van der Waals surface area (Å²) in [6, 6.07) is 20.1. The van der Waals surface area contributed by atoms with Gasteiger partial charge in [0, 0.05) is 17.9 Å². The molecule has 0 aliphatic rings. The predicted molar refractivity (Wildman–Crippen MR) is 140 cm³/mol. The smallest absolute Gasteiger partial charge is 0.214 e. The van der Waals surface area contributed by atoms with Gasteiger partial charge in [0.25, 0.3) is 0 Å². The van der Waals surface area contributed by atoms with Crippen molar-refractivity contribution in [1.29, 1.82) is 0 Å². The molecule has 1 heterocycles. The highest BCUT2D eigenvalue weighted by atomic mass is 35.5. The molecule has 4 rings (SSSR count). The average Bonchev–Trinajstić information content (AvgIpc) is 3.36. The molecule has 0 saturated carbocycles. The van der Waals surface area contributed by atoms with Gasteiger partial charge in [0.2, 0.25) is 5.16 Å². The van der Waals surface area contributed by atoms with Crippen LogP contribution in [-0.4, -0.2) is 39.1 Å². The monoisotopic (exact) mass is 527 g/mol. The SMILES string of the molecule is CCOc1cc(CNCCCSc2nnnn2-c2ccccc2)cc(Cl)c1OCc1ccccc1F. The second-order valence-corrected chi connectivity index (χ2v) is 9.27. The van der Waals surface area contributed by atoms with Gasteiger partial charge in [-0.15, -0.1) is 5.10 Å². The molecule has 0 unspecified atom stereocenters. The summed E-state index contributed by atoms with van der Waals surface area (Å²) in [6.45, 7) is 3.86. The molecule has 0 radical (unpaired) electrons. The molecule has 7 nitrogen and oxygen atoms in total. The Morgan fingerprint density at radius 1 is 1.06 bits per heavy atom. The summed E-state index contributed by atoms with van der Waals surface area (Å²) < 4.78 is 27.3. The lowest BCUT2D eigenvalue weighted by atomic mass is 10.2. The van der Waals surface area contributed by atoms with Crippen molar-refractivity contribution in [3.8, 4) is 17.2 Å². The van der Waals surface area contributed by atoms with Gasteiger partial charge in [-0.1, -0.05) is 59.8 Å². The molecule has 0 amide bonds. The molecule has 0 saturated heterocycles. The number of benzene rings is 3. The zero-order valence-corrected chi connectivity index (χ0v) is 21.4. The largest absolute Gasteiger partial charge is 0.490 e. The first-order valence-electron chi connectivity index (χ1n) is 11.6. The Bertz CT molecular complexity index is 1260. The van der Waals surface area contributed by atoms with Crippen LogP contribution in [0.2, 0.25) is 5.02 Å². The predicted octanol–water partition coefficient (Wildman–Crippen LogP) is 5.70. The van der Waals surface area contributed by atoms with Gasteiger partial charge in [0.05, 0.1) is 17.3 Å². The van der Waals surface area contributed by atoms with Crippen LogP contribution in [0.25, 0.3) is 5.69 Å². The molecule has 10 heteroatoms. The zero-order chi connectivity index (χ0) is 25.2. The summed E-state index contributed by atoms with van der Waals surface area (Å²) in [6.07, 6.45) is 0.933. The van der Waals surface area contributed by atoms with Crippen LogP contribution < -0.4 is 14.8 Å². The van der Waals surface area contributed by atoms with E-state index in [1.807, 2.05) is 49.4 Å². The quantitative estimate of drug-likeness (QED) is 0.176. The van der Waals surface area contributed by atoms with Crippen LogP contribution >= 0.6 is 23.4 Å². The van der Waals surface area contributed by atoms with E-state index in [9.17, 15) is 4.39 Å². The molecule has 4 aromatic rings. The normalized spacial score (nSPS) is 11.0. The van der Waals surface area contributed by atoms with E-state index in [2.05, 4.69) is 20.8 Å². The van der Waals surface area contributed by atoms with Crippen molar-refractivity contribution in [3.63, 3.8) is 0 Å². The maximum Gasteiger partial charge on any atom is 0.214 e. The van der Waals surface area contributed by atoms with Crippen LogP contribution in [-0.2, 0) is 13.2 Å². The van der Waals surface area contributed by atoms with Crippen molar-refractivity contribution >= 4 is 23.4 Å². The lowest BCUT2D eigenvalue weighted by Gasteiger charge is -2.16. The van der Waals surface area contributed by atoms with Gasteiger partial charge < -0.3 is 14.8 Å². The number of aromatic nitrogens is 4. The van der Waals surface area contributed by atoms with Crippen molar-refractivity contribution in [2.24, 2.45) is 0 Å². The van der Waals surface area contributed by atoms with Crippen molar-refractivity contribution in [1.82, 2.24) is 25.5 Å². The standard InChI is InChI=1S/C26H27ClFN5O2S/c1-2-34-24-16-19(15-22(27)25(24)35-18-20-9-6-7-12-23(20)28)17-29-13-8-14-36-26-30-31-32-33(26)21-10-4-3-5-11-21/h3-7,9-12,15-16,29H,2,8,13-14,17-18H2,1H3. The molecule has 0 fully saturated rings. The first kappa shape index (κ1) is 25.9. The van der Waals surface area contributed by atoms with Gasteiger partial charge in [0.1, 0.15) is 12.4 Å². The Kier molecular flexibility index (Phi) is 9.54. The number of rotatable bonds is 13. The summed E-state index contributed by atoms with van der Waals surface area (Å²) in [7, 11) is 0. The fourth-order valence-corrected chi connectivity index (χ4v) is 4.60. The highest BCUT2D eigenvalue weighted by Crippen LogP contribution is 2.37. The fraction of sp³-hybridized carbons (Fsp3) is 0.269. The maximum absolute atomic E-state index is 13.9. The van der Waals surface area contributed by atoms with Crippen LogP contribution in [0, 0.1) is 5.82 Å². The van der Waals surface area contributed by atoms with Crippen molar-refractivity contribution in [2.45, 2.75) is 31.7 Å². The highest BCUT2D eigenvalue weighted by Gasteiger charge is 2.14. The Hall–Kier alpha value is -3.14. The third-order valence-electron chi connectivity index (χ3n) is 5.20. The molecule has 3 aromatic carbocycles. The molecule has 0 spiro atoms. The highest BCUT2D eigenvalue weighted by molar-refractivity contribution is 7.99. The number of nitrogens with zero attached hydrogens (tertiary/aromatic N) is 4. The van der Waals surface area contributed by atoms with Crippen molar-refractivity contribution < 1.29 is 13.9 Å². The van der Waals surface area contributed by atoms with E-state index in [-0.39, 0.29) is 12.4 Å². The van der Waals surface area contributed by atoms with Crippen LogP contribution in [0.1, 0.15) is 24.5 Å². The van der Waals surface area contributed by atoms with Crippen LogP contribution in [0.4, 0.5) is 4.39 Å². The first-order chi connectivity index (χ1) is 17.7. The molecule has 1 N–H and O–H groups in total. The number of halogens is 2. The van der Waals surface area contributed by atoms with E-state index in [0.717, 1.165) is 35.1 Å². The van der Waals surface area contributed by atoms with E-state index < -0.39 is 0 Å². The number of tetrazole rings is 1. The Morgan fingerprint density at radius 3 is 2.67 bits per heavy atom. The molecule has 188 valence electrons. The summed E-state index contributed by atoms with van der Waals surface area (Å²) >= 11 is 8.13. The minimum Gasteiger partial charge on any atom is -0.490 e. The van der Waals surface area contributed by atoms with E-state index in [4.69, 9.17) is 21.1 Å². The van der Waals surface area contributed by atoms with E-state index in [1.54, 1.807) is 34.6 Å². The van der Waals surface area contributed by atoms with Gasteiger partial charge in [0.15, 0.2) is 11.5 Å². The molecular formula is C26H27ClFN5O2S. The summed E-state index contributed by atoms with van der Waals surface area (Å²) in [5.74, 6) is 1.51. The second kappa shape index (κ2) is 13.2. The number of hydrogen-bond acceptors (Lipinski definition) is 7. The number of hydrogen-bond donors (Lipinski definition) is 1. The molecule has 36 heavy (non-hydrogen) atoms. The van der Waals surface area contributed by atoms with Crippen LogP contribution in [0.15, 0.2) is 71.9 Å². The zero-order valence-electron chi connectivity index (χ0n) is 19.9. The third-order valence-corrected chi connectivity index (χ3v) is 6.49. The number of para-hydroxylation sites is 1. The van der Waals surface area contributed by atoms with Gasteiger partial charge in [-0.3, -0.25) is 0 Å². The molecule has 0 atom stereocenters. The van der Waals surface area contributed by atoms with E-state index >= 15 is 0 Å². The summed E-state index contributed by atoms with van der Waals surface area (Å²) in [5.41, 5.74) is 2.37. The minimum atomic E-state index is -0.317. The average molecular weight is 528 g/mol. The van der Waals surface area contributed by atoms with E-state index in [1.165, 1.54) is 6.07 Å². The number of thioether (sulfide) groups is 1. The van der Waals surface area contributed by atoms with Crippen LogP contribution in [0.3, 0.4) is 0 Å². The first-order valence-corrected chi connectivity index (χ1v) is 13.0. The number of nitrogens with one attached hydrogen (secondary N) is 1. The Labute approximate surface area is 219 Å². The Morgan fingerprint density at radius 2 is 1.86 bits per heavy atom. The third kappa shape index (κ3) is 6.96. The van der Waals surface area contributed by atoms with E-state index in [0.29, 0.717) is 35.2 Å². The maximum atomic E-state index is 13.9. The van der Waals surface area contributed by atoms with Crippen molar-refractivity contribution in [3.05, 3.63) is 88.7 Å². The summed E-state index contributed by atoms with van der Waals surface area (Å²) in [5, 5.41) is 16.6. The molecule has 0 bridgehead atoms. The van der Waals surface area contributed by atoms with Gasteiger partial charge in [-0.05, 0) is 66.2 Å². The second-order valence-electron chi connectivity index (χ2n) is 7.81. The summed E-state index contributed by atoms with van der Waals surface area (Å²) in [4.78, 5) is 0. The Balaban J connectivity index is 1.27.